The molecule has 1 heterocycles. The molecule has 0 unspecified atom stereocenters. The number of hydrogen-bond acceptors (Lipinski definition) is 3. The number of nitrogens with zero attached hydrogens (tertiary/aromatic N) is 1. The van der Waals surface area contributed by atoms with E-state index < -0.39 is 0 Å². The van der Waals surface area contributed by atoms with Gasteiger partial charge in [-0.25, -0.2) is 4.98 Å². The molecular formula is C12H11NOS. The first-order valence-electron chi connectivity index (χ1n) is 4.75. The first-order chi connectivity index (χ1) is 7.31. The van der Waals surface area contributed by atoms with Crippen LogP contribution in [0, 0.1) is 6.92 Å². The normalized spacial score (nSPS) is 10.2. The highest BCUT2D eigenvalue weighted by molar-refractivity contribution is 7.10. The van der Waals surface area contributed by atoms with E-state index in [1.54, 1.807) is 0 Å². The Morgan fingerprint density at radius 3 is 2.93 bits per heavy atom. The molecule has 0 bridgehead atoms. The topological polar surface area (TPSA) is 30.0 Å². The zero-order chi connectivity index (χ0) is 10.7. The van der Waals surface area contributed by atoms with E-state index in [1.807, 2.05) is 17.5 Å². The minimum atomic E-state index is 0.413. The van der Waals surface area contributed by atoms with E-state index in [2.05, 4.69) is 24.0 Å². The molecule has 0 spiro atoms. The van der Waals surface area contributed by atoms with Crippen LogP contribution in [0.4, 0.5) is 0 Å². The first kappa shape index (κ1) is 10.1. The van der Waals surface area contributed by atoms with Crippen molar-refractivity contribution in [3.8, 4) is 11.3 Å². The summed E-state index contributed by atoms with van der Waals surface area (Å²) in [6, 6.07) is 8.13. The van der Waals surface area contributed by atoms with E-state index in [4.69, 9.17) is 0 Å². The Morgan fingerprint density at radius 1 is 1.40 bits per heavy atom. The van der Waals surface area contributed by atoms with Gasteiger partial charge in [-0.05, 0) is 12.5 Å². The van der Waals surface area contributed by atoms with Gasteiger partial charge in [-0.1, -0.05) is 24.3 Å². The van der Waals surface area contributed by atoms with Crippen molar-refractivity contribution in [3.05, 3.63) is 40.2 Å². The molecule has 0 radical (unpaired) electrons. The third kappa shape index (κ3) is 2.13. The van der Waals surface area contributed by atoms with Crippen LogP contribution in [-0.4, -0.2) is 11.3 Å². The molecule has 3 heteroatoms. The molecule has 2 aromatic rings. The fourth-order valence-corrected chi connectivity index (χ4v) is 2.20. The average molecular weight is 217 g/mol. The van der Waals surface area contributed by atoms with Crippen molar-refractivity contribution in [2.75, 3.05) is 0 Å². The summed E-state index contributed by atoms with van der Waals surface area (Å²) in [7, 11) is 0. The van der Waals surface area contributed by atoms with Crippen LogP contribution in [0.2, 0.25) is 0 Å². The van der Waals surface area contributed by atoms with Crippen molar-refractivity contribution in [1.29, 1.82) is 0 Å². The van der Waals surface area contributed by atoms with Crippen molar-refractivity contribution in [2.24, 2.45) is 0 Å². The van der Waals surface area contributed by atoms with Gasteiger partial charge in [0, 0.05) is 10.9 Å². The minimum Gasteiger partial charge on any atom is -0.303 e. The summed E-state index contributed by atoms with van der Waals surface area (Å²) in [5.74, 6) is 0. The Hall–Kier alpha value is -1.48. The number of hydrogen-bond donors (Lipinski definition) is 0. The van der Waals surface area contributed by atoms with Gasteiger partial charge in [-0.3, -0.25) is 0 Å². The van der Waals surface area contributed by atoms with Crippen molar-refractivity contribution >= 4 is 17.6 Å². The summed E-state index contributed by atoms with van der Waals surface area (Å²) in [6.07, 6.45) is 1.30. The van der Waals surface area contributed by atoms with Gasteiger partial charge in [0.15, 0.2) is 0 Å². The van der Waals surface area contributed by atoms with Crippen molar-refractivity contribution in [3.63, 3.8) is 0 Å². The van der Waals surface area contributed by atoms with Gasteiger partial charge in [0.05, 0.1) is 12.1 Å². The second-order valence-electron chi connectivity index (χ2n) is 3.31. The zero-order valence-corrected chi connectivity index (χ0v) is 9.25. The van der Waals surface area contributed by atoms with Crippen molar-refractivity contribution in [1.82, 2.24) is 4.98 Å². The van der Waals surface area contributed by atoms with Crippen LogP contribution >= 0.6 is 11.3 Å². The largest absolute Gasteiger partial charge is 0.303 e. The summed E-state index contributed by atoms with van der Waals surface area (Å²) < 4.78 is 0. The first-order valence-corrected chi connectivity index (χ1v) is 5.63. The molecule has 0 N–H and O–H groups in total. The fourth-order valence-electron chi connectivity index (χ4n) is 1.46. The number of carbonyl (C=O) groups is 1. The van der Waals surface area contributed by atoms with E-state index >= 15 is 0 Å². The highest BCUT2D eigenvalue weighted by atomic mass is 32.1. The molecule has 0 aliphatic heterocycles. The summed E-state index contributed by atoms with van der Waals surface area (Å²) >= 11 is 1.54. The lowest BCUT2D eigenvalue weighted by atomic mass is 10.1. The summed E-state index contributed by atoms with van der Waals surface area (Å²) in [5, 5.41) is 2.88. The smallest absolute Gasteiger partial charge is 0.126 e. The molecule has 0 amide bonds. The Labute approximate surface area is 92.6 Å². The second-order valence-corrected chi connectivity index (χ2v) is 4.25. The van der Waals surface area contributed by atoms with Gasteiger partial charge >= 0.3 is 0 Å². The lowest BCUT2D eigenvalue weighted by Crippen LogP contribution is -1.86. The number of rotatable bonds is 3. The Morgan fingerprint density at radius 2 is 2.20 bits per heavy atom. The van der Waals surface area contributed by atoms with Crippen LogP contribution in [0.3, 0.4) is 0 Å². The molecule has 2 nitrogen and oxygen atoms in total. The van der Waals surface area contributed by atoms with Crippen LogP contribution in [-0.2, 0) is 11.2 Å². The molecule has 0 atom stereocenters. The van der Waals surface area contributed by atoms with E-state index in [1.165, 1.54) is 16.9 Å². The van der Waals surface area contributed by atoms with Crippen molar-refractivity contribution < 1.29 is 4.79 Å². The monoisotopic (exact) mass is 217 g/mol. The van der Waals surface area contributed by atoms with Crippen LogP contribution < -0.4 is 0 Å². The maximum Gasteiger partial charge on any atom is 0.126 e. The molecule has 0 aliphatic carbocycles. The molecule has 0 saturated heterocycles. The number of aromatic nitrogens is 1. The minimum absolute atomic E-state index is 0.413. The standard InChI is InChI=1S/C12H11NOS/c1-9-4-2-3-5-10(9)11-8-15-12(13-11)6-7-14/h2-5,7-8H,6H2,1H3. The number of thiazole rings is 1. The SMILES string of the molecule is Cc1ccccc1-c1csc(CC=O)n1. The molecule has 1 aromatic heterocycles. The predicted octanol–water partition coefficient (Wildman–Crippen LogP) is 2.86. The molecule has 15 heavy (non-hydrogen) atoms. The Kier molecular flexibility index (Phi) is 2.92. The Balaban J connectivity index is 2.37. The molecular weight excluding hydrogens is 206 g/mol. The second kappa shape index (κ2) is 4.36. The van der Waals surface area contributed by atoms with Crippen molar-refractivity contribution in [2.45, 2.75) is 13.3 Å². The third-order valence-corrected chi connectivity index (χ3v) is 3.10. The van der Waals surface area contributed by atoms with Crippen LogP contribution in [0.1, 0.15) is 10.6 Å². The van der Waals surface area contributed by atoms with E-state index in [0.717, 1.165) is 22.6 Å². The number of aldehydes is 1. The third-order valence-electron chi connectivity index (χ3n) is 2.23. The molecule has 76 valence electrons. The lowest BCUT2D eigenvalue weighted by molar-refractivity contribution is -0.107. The highest BCUT2D eigenvalue weighted by Gasteiger charge is 2.05. The van der Waals surface area contributed by atoms with Crippen LogP contribution in [0.15, 0.2) is 29.6 Å². The lowest BCUT2D eigenvalue weighted by Gasteiger charge is -2.00. The van der Waals surface area contributed by atoms with E-state index in [-0.39, 0.29) is 0 Å². The fraction of sp³-hybridized carbons (Fsp3) is 0.167. The van der Waals surface area contributed by atoms with Gasteiger partial charge in [0.25, 0.3) is 0 Å². The quantitative estimate of drug-likeness (QED) is 0.740. The number of aryl methyl sites for hydroxylation is 1. The van der Waals surface area contributed by atoms with Gasteiger partial charge in [-0.15, -0.1) is 11.3 Å². The van der Waals surface area contributed by atoms with Crippen LogP contribution in [0.25, 0.3) is 11.3 Å². The Bertz CT molecular complexity index is 476. The number of benzene rings is 1. The predicted molar refractivity (Wildman–Crippen MR) is 62.1 cm³/mol. The molecule has 1 aromatic carbocycles. The van der Waals surface area contributed by atoms with E-state index in [0.29, 0.717) is 6.42 Å². The highest BCUT2D eigenvalue weighted by Crippen LogP contribution is 2.24. The molecule has 0 saturated carbocycles. The number of carbonyl (C=O) groups excluding carboxylic acids is 1. The maximum absolute atomic E-state index is 10.4. The molecule has 0 aliphatic rings. The van der Waals surface area contributed by atoms with Gasteiger partial charge in [-0.2, -0.15) is 0 Å². The summed E-state index contributed by atoms with van der Waals surface area (Å²) in [4.78, 5) is 14.8. The van der Waals surface area contributed by atoms with Crippen LogP contribution in [0.5, 0.6) is 0 Å². The van der Waals surface area contributed by atoms with E-state index in [9.17, 15) is 4.79 Å². The van der Waals surface area contributed by atoms with Gasteiger partial charge in [0.1, 0.15) is 11.3 Å². The summed E-state index contributed by atoms with van der Waals surface area (Å²) in [5.41, 5.74) is 3.32. The summed E-state index contributed by atoms with van der Waals surface area (Å²) in [6.45, 7) is 2.06. The van der Waals surface area contributed by atoms with Gasteiger partial charge in [0.2, 0.25) is 0 Å². The molecule has 0 fully saturated rings. The average Bonchev–Trinajstić information content (AvgIpc) is 2.68. The van der Waals surface area contributed by atoms with Gasteiger partial charge < -0.3 is 4.79 Å². The molecule has 2 rings (SSSR count). The maximum atomic E-state index is 10.4. The zero-order valence-electron chi connectivity index (χ0n) is 8.43.